The van der Waals surface area contributed by atoms with Crippen molar-refractivity contribution in [3.05, 3.63) is 28.5 Å². The van der Waals surface area contributed by atoms with E-state index in [4.69, 9.17) is 22.2 Å². The summed E-state index contributed by atoms with van der Waals surface area (Å²) in [5.41, 5.74) is 3.97. The number of carbonyl (C=O) groups is 1. The number of hydrogen-bond donors (Lipinski definition) is 1. The van der Waals surface area contributed by atoms with E-state index in [9.17, 15) is 18.0 Å². The van der Waals surface area contributed by atoms with Crippen LogP contribution in [0.25, 0.3) is 0 Å². The Morgan fingerprint density at radius 2 is 2.29 bits per heavy atom. The van der Waals surface area contributed by atoms with Crippen molar-refractivity contribution in [3.63, 3.8) is 0 Å². The van der Waals surface area contributed by atoms with Crippen LogP contribution < -0.4 is 5.73 Å². The fourth-order valence-corrected chi connectivity index (χ4v) is 1.32. The third kappa shape index (κ3) is 5.08. The number of nitrogens with zero attached hydrogens (tertiary/aromatic N) is 3. The van der Waals surface area contributed by atoms with Crippen molar-refractivity contribution in [1.29, 1.82) is 0 Å². The number of amides is 2. The minimum Gasteiger partial charge on any atom is -0.398 e. The van der Waals surface area contributed by atoms with Gasteiger partial charge in [0.1, 0.15) is 13.7 Å². The average Bonchev–Trinajstić information content (AvgIpc) is 2.38. The normalized spacial score (nSPS) is 11.7. The SMILES string of the molecule is CO/N=C/N(OCc1ncc(C(F)(F)F)cc1Cl)C(N)=O. The number of hydroxylamine groups is 2. The number of pyridine rings is 1. The van der Waals surface area contributed by atoms with E-state index < -0.39 is 24.4 Å². The molecule has 21 heavy (non-hydrogen) atoms. The number of primary amides is 1. The van der Waals surface area contributed by atoms with Gasteiger partial charge < -0.3 is 10.6 Å². The maximum absolute atomic E-state index is 12.4. The highest BCUT2D eigenvalue weighted by atomic mass is 35.5. The lowest BCUT2D eigenvalue weighted by molar-refractivity contribution is -0.137. The van der Waals surface area contributed by atoms with Gasteiger partial charge in [-0.05, 0) is 6.07 Å². The Bertz CT molecular complexity index is 539. The summed E-state index contributed by atoms with van der Waals surface area (Å²) in [6.07, 6.45) is -3.12. The summed E-state index contributed by atoms with van der Waals surface area (Å²) >= 11 is 5.67. The molecule has 2 N–H and O–H groups in total. The van der Waals surface area contributed by atoms with Crippen molar-refractivity contribution in [1.82, 2.24) is 10.0 Å². The van der Waals surface area contributed by atoms with Crippen LogP contribution in [0.15, 0.2) is 17.4 Å². The average molecular weight is 327 g/mol. The van der Waals surface area contributed by atoms with Crippen molar-refractivity contribution in [2.75, 3.05) is 7.11 Å². The first-order valence-electron chi connectivity index (χ1n) is 5.25. The quantitative estimate of drug-likeness (QED) is 0.510. The Hall–Kier alpha value is -2.07. The topological polar surface area (TPSA) is 90.0 Å². The number of hydrogen-bond acceptors (Lipinski definition) is 5. The minimum absolute atomic E-state index is 0.0123. The molecule has 0 saturated heterocycles. The molecule has 2 amide bonds. The van der Waals surface area contributed by atoms with Crippen molar-refractivity contribution in [2.45, 2.75) is 12.8 Å². The first kappa shape index (κ1) is 17.0. The third-order valence-corrected chi connectivity index (χ3v) is 2.39. The summed E-state index contributed by atoms with van der Waals surface area (Å²) in [4.78, 5) is 23.7. The van der Waals surface area contributed by atoms with Gasteiger partial charge in [0.2, 0.25) is 0 Å². The molecule has 1 rings (SSSR count). The molecule has 0 unspecified atom stereocenters. The summed E-state index contributed by atoms with van der Waals surface area (Å²) in [7, 11) is 1.23. The molecule has 1 heterocycles. The zero-order valence-electron chi connectivity index (χ0n) is 10.6. The maximum Gasteiger partial charge on any atom is 0.417 e. The van der Waals surface area contributed by atoms with Gasteiger partial charge in [-0.15, -0.1) is 0 Å². The molecule has 0 radical (unpaired) electrons. The standard InChI is InChI=1S/C10H10ClF3N4O3/c1-20-17-5-18(9(15)19)21-4-8-7(11)2-6(3-16-8)10(12,13)14/h2-3,5H,4H2,1H3,(H2,15,19)/b17-5+. The molecule has 1 aromatic heterocycles. The predicted octanol–water partition coefficient (Wildman–Crippen LogP) is 2.16. The summed E-state index contributed by atoms with van der Waals surface area (Å²) in [6.45, 7) is -0.393. The first-order chi connectivity index (χ1) is 9.75. The van der Waals surface area contributed by atoms with Gasteiger partial charge in [-0.3, -0.25) is 9.82 Å². The molecule has 7 nitrogen and oxygen atoms in total. The lowest BCUT2D eigenvalue weighted by atomic mass is 10.2. The molecule has 0 bridgehead atoms. The molecule has 0 aliphatic heterocycles. The summed E-state index contributed by atoms with van der Waals surface area (Å²) in [6, 6.07) is -0.315. The number of alkyl halides is 3. The predicted molar refractivity (Wildman–Crippen MR) is 66.0 cm³/mol. The van der Waals surface area contributed by atoms with Crippen molar-refractivity contribution >= 4 is 24.0 Å². The Morgan fingerprint density at radius 3 is 2.76 bits per heavy atom. The number of oxime groups is 1. The zero-order chi connectivity index (χ0) is 16.0. The van der Waals surface area contributed by atoms with Crippen molar-refractivity contribution in [3.8, 4) is 0 Å². The van der Waals surface area contributed by atoms with Gasteiger partial charge in [0.25, 0.3) is 0 Å². The second-order valence-corrected chi connectivity index (χ2v) is 3.90. The van der Waals surface area contributed by atoms with Gasteiger partial charge in [0.05, 0.1) is 16.3 Å². The number of urea groups is 1. The highest BCUT2D eigenvalue weighted by Crippen LogP contribution is 2.31. The molecule has 11 heteroatoms. The molecule has 0 aromatic carbocycles. The number of nitrogens with two attached hydrogens (primary N) is 1. The van der Waals surface area contributed by atoms with E-state index in [1.807, 2.05) is 0 Å². The van der Waals surface area contributed by atoms with Gasteiger partial charge in [0, 0.05) is 6.20 Å². The van der Waals surface area contributed by atoms with Crippen LogP contribution in [0.3, 0.4) is 0 Å². The molecule has 116 valence electrons. The third-order valence-electron chi connectivity index (χ3n) is 2.06. The van der Waals surface area contributed by atoms with Crippen LogP contribution in [-0.4, -0.2) is 29.5 Å². The molecule has 0 spiro atoms. The fourth-order valence-electron chi connectivity index (χ4n) is 1.10. The van der Waals surface area contributed by atoms with Crippen LogP contribution in [0.4, 0.5) is 18.0 Å². The van der Waals surface area contributed by atoms with Crippen LogP contribution in [-0.2, 0) is 22.5 Å². The summed E-state index contributed by atoms with van der Waals surface area (Å²) in [5.74, 6) is 0. The lowest BCUT2D eigenvalue weighted by Crippen LogP contribution is -2.34. The largest absolute Gasteiger partial charge is 0.417 e. The number of aromatic nitrogens is 1. The molecule has 1 aromatic rings. The van der Waals surface area contributed by atoms with Crippen molar-refractivity contribution < 1.29 is 27.6 Å². The van der Waals surface area contributed by atoms with Crippen LogP contribution in [0.2, 0.25) is 5.02 Å². The van der Waals surface area contributed by atoms with Gasteiger partial charge >= 0.3 is 12.2 Å². The second-order valence-electron chi connectivity index (χ2n) is 3.49. The van der Waals surface area contributed by atoms with Crippen LogP contribution in [0.1, 0.15) is 11.3 Å². The molecular formula is C10H10ClF3N4O3. The van der Waals surface area contributed by atoms with E-state index >= 15 is 0 Å². The van der Waals surface area contributed by atoms with E-state index in [0.717, 1.165) is 6.34 Å². The second kappa shape index (κ2) is 7.09. The van der Waals surface area contributed by atoms with E-state index in [2.05, 4.69) is 15.0 Å². The highest BCUT2D eigenvalue weighted by molar-refractivity contribution is 6.31. The van der Waals surface area contributed by atoms with Gasteiger partial charge in [-0.1, -0.05) is 16.8 Å². The van der Waals surface area contributed by atoms with Gasteiger partial charge in [-0.25, -0.2) is 4.79 Å². The molecule has 0 saturated carbocycles. The van der Waals surface area contributed by atoms with Gasteiger partial charge in [0.15, 0.2) is 6.34 Å². The number of rotatable bonds is 5. The zero-order valence-corrected chi connectivity index (χ0v) is 11.4. The summed E-state index contributed by atoms with van der Waals surface area (Å²) in [5, 5.41) is 3.49. The lowest BCUT2D eigenvalue weighted by Gasteiger charge is -2.14. The Kier molecular flexibility index (Phi) is 5.73. The monoisotopic (exact) mass is 326 g/mol. The maximum atomic E-state index is 12.4. The number of carbonyl (C=O) groups excluding carboxylic acids is 1. The van der Waals surface area contributed by atoms with E-state index in [1.54, 1.807) is 0 Å². The molecule has 0 aliphatic rings. The summed E-state index contributed by atoms with van der Waals surface area (Å²) < 4.78 is 37.3. The van der Waals surface area contributed by atoms with Gasteiger partial charge in [-0.2, -0.15) is 18.2 Å². The Morgan fingerprint density at radius 1 is 1.62 bits per heavy atom. The molecule has 0 atom stereocenters. The Labute approximate surface area is 122 Å². The van der Waals surface area contributed by atoms with E-state index in [0.29, 0.717) is 17.3 Å². The minimum atomic E-state index is -4.56. The molecule has 0 aliphatic carbocycles. The highest BCUT2D eigenvalue weighted by Gasteiger charge is 2.31. The first-order valence-corrected chi connectivity index (χ1v) is 5.63. The fraction of sp³-hybridized carbons (Fsp3) is 0.300. The van der Waals surface area contributed by atoms with Crippen LogP contribution in [0, 0.1) is 0 Å². The Balaban J connectivity index is 2.79. The van der Waals surface area contributed by atoms with E-state index in [1.165, 1.54) is 7.11 Å². The smallest absolute Gasteiger partial charge is 0.398 e. The molecule has 0 fully saturated rings. The molecular weight excluding hydrogens is 317 g/mol. The van der Waals surface area contributed by atoms with Crippen LogP contribution in [0.5, 0.6) is 0 Å². The van der Waals surface area contributed by atoms with Crippen molar-refractivity contribution in [2.24, 2.45) is 10.9 Å². The van der Waals surface area contributed by atoms with Crippen LogP contribution >= 0.6 is 11.6 Å². The number of halogens is 4. The van der Waals surface area contributed by atoms with E-state index in [-0.39, 0.29) is 10.7 Å².